The van der Waals surface area contributed by atoms with Crippen LogP contribution in [0.1, 0.15) is 0 Å². The Kier molecular flexibility index (Phi) is 5.65. The first-order valence-corrected chi connectivity index (χ1v) is 10.5. The van der Waals surface area contributed by atoms with Crippen LogP contribution in [0.3, 0.4) is 0 Å². The van der Waals surface area contributed by atoms with E-state index in [9.17, 15) is 9.59 Å². The van der Waals surface area contributed by atoms with Crippen LogP contribution in [0.25, 0.3) is 28.1 Å². The van der Waals surface area contributed by atoms with Crippen molar-refractivity contribution in [2.24, 2.45) is 0 Å². The molecular weight excluding hydrogens is 440 g/mol. The standard InChI is InChI=1S/C23H20N6O5/c1-32-16-6-4-5-15(13-16)22-26-25-19-9-10-21(27-29(19)22)33-12-11-24-20(30)14-28-17-7-2-3-8-18(17)34-23(28)31/h2-10,13H,11-12,14H2,1H3,(H,24,30). The van der Waals surface area contributed by atoms with Crippen molar-refractivity contribution < 1.29 is 18.7 Å². The molecule has 172 valence electrons. The van der Waals surface area contributed by atoms with Gasteiger partial charge in [0.25, 0.3) is 0 Å². The molecule has 0 radical (unpaired) electrons. The summed E-state index contributed by atoms with van der Waals surface area (Å²) in [5.41, 5.74) is 2.37. The number of carbonyl (C=O) groups excluding carboxylic acids is 1. The van der Waals surface area contributed by atoms with E-state index >= 15 is 0 Å². The maximum atomic E-state index is 12.3. The molecule has 0 bridgehead atoms. The zero-order chi connectivity index (χ0) is 23.5. The fourth-order valence-corrected chi connectivity index (χ4v) is 3.50. The summed E-state index contributed by atoms with van der Waals surface area (Å²) in [6.45, 7) is 0.264. The van der Waals surface area contributed by atoms with Crippen LogP contribution in [0, 0.1) is 0 Å². The Morgan fingerprint density at radius 2 is 1.97 bits per heavy atom. The van der Waals surface area contributed by atoms with Gasteiger partial charge in [-0.05, 0) is 30.3 Å². The molecule has 0 saturated heterocycles. The van der Waals surface area contributed by atoms with Gasteiger partial charge in [0.1, 0.15) is 18.9 Å². The van der Waals surface area contributed by atoms with Crippen molar-refractivity contribution in [3.05, 3.63) is 71.2 Å². The van der Waals surface area contributed by atoms with Crippen molar-refractivity contribution in [3.8, 4) is 23.0 Å². The number of methoxy groups -OCH3 is 1. The third-order valence-electron chi connectivity index (χ3n) is 5.12. The highest BCUT2D eigenvalue weighted by molar-refractivity contribution is 5.79. The van der Waals surface area contributed by atoms with Gasteiger partial charge < -0.3 is 19.2 Å². The van der Waals surface area contributed by atoms with Crippen LogP contribution in [0.15, 0.2) is 69.9 Å². The van der Waals surface area contributed by atoms with E-state index in [1.807, 2.05) is 24.3 Å². The van der Waals surface area contributed by atoms with Crippen LogP contribution in [0.4, 0.5) is 0 Å². The minimum absolute atomic E-state index is 0.148. The van der Waals surface area contributed by atoms with E-state index in [2.05, 4.69) is 20.6 Å². The summed E-state index contributed by atoms with van der Waals surface area (Å²) in [7, 11) is 1.60. The molecule has 3 heterocycles. The van der Waals surface area contributed by atoms with E-state index in [0.717, 1.165) is 5.56 Å². The molecular formula is C23H20N6O5. The zero-order valence-corrected chi connectivity index (χ0v) is 18.2. The summed E-state index contributed by atoms with van der Waals surface area (Å²) in [4.78, 5) is 24.3. The Labute approximate surface area is 192 Å². The fourth-order valence-electron chi connectivity index (χ4n) is 3.50. The van der Waals surface area contributed by atoms with E-state index in [0.29, 0.717) is 34.2 Å². The number of hydrogen-bond donors (Lipinski definition) is 1. The summed E-state index contributed by atoms with van der Waals surface area (Å²) in [5, 5.41) is 15.5. The Morgan fingerprint density at radius 3 is 2.85 bits per heavy atom. The topological polar surface area (TPSA) is 126 Å². The first-order chi connectivity index (χ1) is 16.6. The van der Waals surface area contributed by atoms with Crippen molar-refractivity contribution in [1.29, 1.82) is 0 Å². The molecule has 0 atom stereocenters. The van der Waals surface area contributed by atoms with Crippen LogP contribution in [-0.4, -0.2) is 50.5 Å². The van der Waals surface area contributed by atoms with E-state index < -0.39 is 5.76 Å². The number of nitrogens with one attached hydrogen (secondary N) is 1. The molecule has 1 amide bonds. The maximum Gasteiger partial charge on any atom is 0.420 e. The lowest BCUT2D eigenvalue weighted by Gasteiger charge is -2.08. The maximum absolute atomic E-state index is 12.3. The summed E-state index contributed by atoms with van der Waals surface area (Å²) in [5.74, 6) is 0.682. The minimum Gasteiger partial charge on any atom is -0.497 e. The van der Waals surface area contributed by atoms with Gasteiger partial charge in [0, 0.05) is 11.6 Å². The molecule has 34 heavy (non-hydrogen) atoms. The number of rotatable bonds is 8. The number of aromatic nitrogens is 5. The third-order valence-corrected chi connectivity index (χ3v) is 5.12. The first kappa shape index (κ1) is 21.2. The third kappa shape index (κ3) is 4.18. The predicted molar refractivity (Wildman–Crippen MR) is 122 cm³/mol. The van der Waals surface area contributed by atoms with Crippen LogP contribution in [0.2, 0.25) is 0 Å². The fraction of sp³-hybridized carbons (Fsp3) is 0.174. The largest absolute Gasteiger partial charge is 0.497 e. The highest BCUT2D eigenvalue weighted by atomic mass is 16.5. The second-order valence-electron chi connectivity index (χ2n) is 7.32. The van der Waals surface area contributed by atoms with Gasteiger partial charge in [0.2, 0.25) is 11.8 Å². The van der Waals surface area contributed by atoms with E-state index in [1.54, 1.807) is 48.0 Å². The van der Waals surface area contributed by atoms with Crippen molar-refractivity contribution in [3.63, 3.8) is 0 Å². The normalized spacial score (nSPS) is 11.1. The first-order valence-electron chi connectivity index (χ1n) is 10.5. The van der Waals surface area contributed by atoms with Crippen LogP contribution < -0.4 is 20.5 Å². The van der Waals surface area contributed by atoms with Crippen LogP contribution in [0.5, 0.6) is 11.6 Å². The Hall–Kier alpha value is -4.67. The van der Waals surface area contributed by atoms with Gasteiger partial charge in [-0.1, -0.05) is 24.3 Å². The van der Waals surface area contributed by atoms with E-state index in [4.69, 9.17) is 13.9 Å². The number of benzene rings is 2. The minimum atomic E-state index is -0.578. The monoisotopic (exact) mass is 460 g/mol. The average molecular weight is 460 g/mol. The smallest absolute Gasteiger partial charge is 0.420 e. The summed E-state index contributed by atoms with van der Waals surface area (Å²) in [6.07, 6.45) is 0. The molecule has 3 aromatic heterocycles. The van der Waals surface area contributed by atoms with E-state index in [-0.39, 0.29) is 25.6 Å². The van der Waals surface area contributed by atoms with Gasteiger partial charge in [0.05, 0.1) is 19.2 Å². The number of oxazole rings is 1. The molecule has 0 aliphatic rings. The lowest BCUT2D eigenvalue weighted by Crippen LogP contribution is -2.33. The molecule has 5 rings (SSSR count). The van der Waals surface area contributed by atoms with Crippen molar-refractivity contribution in [2.45, 2.75) is 6.54 Å². The van der Waals surface area contributed by atoms with Crippen LogP contribution in [-0.2, 0) is 11.3 Å². The molecule has 5 aromatic rings. The van der Waals surface area contributed by atoms with Gasteiger partial charge in [0.15, 0.2) is 17.1 Å². The Balaban J connectivity index is 1.21. The lowest BCUT2D eigenvalue weighted by molar-refractivity contribution is -0.121. The highest BCUT2D eigenvalue weighted by Gasteiger charge is 2.13. The Bertz CT molecular complexity index is 1540. The van der Waals surface area contributed by atoms with Gasteiger partial charge in [-0.3, -0.25) is 9.36 Å². The lowest BCUT2D eigenvalue weighted by atomic mass is 10.2. The van der Waals surface area contributed by atoms with Gasteiger partial charge in [-0.25, -0.2) is 4.79 Å². The quantitative estimate of drug-likeness (QED) is 0.348. The molecule has 0 unspecified atom stereocenters. The number of nitrogens with zero attached hydrogens (tertiary/aromatic N) is 5. The van der Waals surface area contributed by atoms with Crippen LogP contribution >= 0.6 is 0 Å². The van der Waals surface area contributed by atoms with Gasteiger partial charge in [-0.2, -0.15) is 4.52 Å². The SMILES string of the molecule is COc1cccc(-c2nnc3ccc(OCCNC(=O)Cn4c(=O)oc5ccccc54)nn23)c1. The van der Waals surface area contributed by atoms with Gasteiger partial charge in [-0.15, -0.1) is 15.3 Å². The molecule has 1 N–H and O–H groups in total. The summed E-state index contributed by atoms with van der Waals surface area (Å²) in [6, 6.07) is 17.8. The predicted octanol–water partition coefficient (Wildman–Crippen LogP) is 1.90. The Morgan fingerprint density at radius 1 is 1.09 bits per heavy atom. The second-order valence-corrected chi connectivity index (χ2v) is 7.32. The number of hydrogen-bond acceptors (Lipinski definition) is 8. The second kappa shape index (κ2) is 9.06. The van der Waals surface area contributed by atoms with Crippen molar-refractivity contribution in [1.82, 2.24) is 29.7 Å². The molecule has 11 nitrogen and oxygen atoms in total. The van der Waals surface area contributed by atoms with Crippen molar-refractivity contribution >= 4 is 22.7 Å². The summed E-state index contributed by atoms with van der Waals surface area (Å²) >= 11 is 0. The number of para-hydroxylation sites is 2. The number of fused-ring (bicyclic) bond motifs is 2. The summed E-state index contributed by atoms with van der Waals surface area (Å²) < 4.78 is 19.0. The molecule has 0 fully saturated rings. The molecule has 2 aromatic carbocycles. The average Bonchev–Trinajstić information content (AvgIpc) is 3.42. The molecule has 0 saturated carbocycles. The zero-order valence-electron chi connectivity index (χ0n) is 18.2. The molecule has 11 heteroatoms. The number of ether oxygens (including phenoxy) is 2. The van der Waals surface area contributed by atoms with Crippen molar-refractivity contribution in [2.75, 3.05) is 20.3 Å². The van der Waals surface area contributed by atoms with E-state index in [1.165, 1.54) is 4.57 Å². The molecule has 0 aliphatic carbocycles. The molecule has 0 aliphatic heterocycles. The number of amides is 1. The molecule has 0 spiro atoms. The highest BCUT2D eigenvalue weighted by Crippen LogP contribution is 2.23. The van der Waals surface area contributed by atoms with Gasteiger partial charge >= 0.3 is 5.76 Å². The number of carbonyl (C=O) groups is 1.